The molecule has 0 aliphatic heterocycles. The van der Waals surface area contributed by atoms with Gasteiger partial charge in [-0.3, -0.25) is 9.98 Å². The fourth-order valence-corrected chi connectivity index (χ4v) is 6.89. The van der Waals surface area contributed by atoms with E-state index in [1.807, 2.05) is 109 Å². The predicted octanol–water partition coefficient (Wildman–Crippen LogP) is 9.96. The zero-order chi connectivity index (χ0) is 38.3. The minimum absolute atomic E-state index is 0. The number of hydrogen-bond acceptors (Lipinski definition) is 6. The van der Waals surface area contributed by atoms with Crippen LogP contribution in [0.15, 0.2) is 168 Å². The fraction of sp³-hybridized carbons (Fsp3) is 0.188. The molecule has 6 rings (SSSR count). The number of carbonyl (C=O) groups is 1. The summed E-state index contributed by atoms with van der Waals surface area (Å²) in [6.45, 7) is 5.26. The van der Waals surface area contributed by atoms with Crippen molar-refractivity contribution in [2.75, 3.05) is 0 Å². The molecule has 6 aromatic rings. The van der Waals surface area contributed by atoms with Crippen LogP contribution in [-0.2, 0) is 21.9 Å². The minimum Gasteiger partial charge on any atom is -0.550 e. The minimum atomic E-state index is -1.08. The van der Waals surface area contributed by atoms with E-state index in [1.54, 1.807) is 12.4 Å². The Morgan fingerprint density at radius 3 is 1.11 bits per heavy atom. The van der Waals surface area contributed by atoms with Crippen LogP contribution in [0.4, 0.5) is 0 Å². The van der Waals surface area contributed by atoms with E-state index >= 15 is 0 Å². The molecule has 2 unspecified atom stereocenters. The van der Waals surface area contributed by atoms with E-state index in [-0.39, 0.29) is 40.4 Å². The van der Waals surface area contributed by atoms with Crippen molar-refractivity contribution in [3.05, 3.63) is 202 Å². The van der Waals surface area contributed by atoms with Gasteiger partial charge in [-0.25, -0.2) is 0 Å². The summed E-state index contributed by atoms with van der Waals surface area (Å²) < 4.78 is 0. The van der Waals surface area contributed by atoms with Crippen molar-refractivity contribution < 1.29 is 37.2 Å². The van der Waals surface area contributed by atoms with E-state index in [9.17, 15) is 10.2 Å². The zero-order valence-corrected chi connectivity index (χ0v) is 32.6. The van der Waals surface area contributed by atoms with E-state index in [2.05, 4.69) is 62.4 Å². The summed E-state index contributed by atoms with van der Waals surface area (Å²) in [5, 5.41) is 32.1. The molecule has 0 heterocycles. The maximum Gasteiger partial charge on any atom is 0.128 e. The first kappa shape index (κ1) is 42.0. The number of benzene rings is 6. The smallest absolute Gasteiger partial charge is 0.128 e. The summed E-state index contributed by atoms with van der Waals surface area (Å²) in [7, 11) is 0. The number of aromatic hydroxyl groups is 2. The van der Waals surface area contributed by atoms with Crippen LogP contribution in [0.25, 0.3) is 0 Å². The largest absolute Gasteiger partial charge is 0.550 e. The average molecular weight is 771 g/mol. The Bertz CT molecular complexity index is 1970. The Kier molecular flexibility index (Phi) is 16.2. The van der Waals surface area contributed by atoms with Crippen LogP contribution < -0.4 is 5.11 Å². The quantitative estimate of drug-likeness (QED) is 0.0901. The molecule has 7 heteroatoms. The number of hydrogen-bond donors (Lipinski definition) is 2. The monoisotopic (exact) mass is 770 g/mol. The van der Waals surface area contributed by atoms with Gasteiger partial charge in [-0.05, 0) is 54.2 Å². The summed E-state index contributed by atoms with van der Waals surface area (Å²) in [4.78, 5) is 19.2. The molecular formula is C48H47MnN2O4-. The molecule has 281 valence electrons. The van der Waals surface area contributed by atoms with Gasteiger partial charge in [0.2, 0.25) is 0 Å². The van der Waals surface area contributed by atoms with Gasteiger partial charge in [0, 0.05) is 69.6 Å². The number of rotatable bonds is 13. The molecule has 4 atom stereocenters. The van der Waals surface area contributed by atoms with Crippen molar-refractivity contribution in [3.63, 3.8) is 0 Å². The Morgan fingerprint density at radius 2 is 0.818 bits per heavy atom. The van der Waals surface area contributed by atoms with Gasteiger partial charge in [-0.15, -0.1) is 0 Å². The van der Waals surface area contributed by atoms with Gasteiger partial charge >= 0.3 is 0 Å². The normalized spacial score (nSPS) is 13.2. The maximum atomic E-state index is 11.6. The Labute approximate surface area is 335 Å². The van der Waals surface area contributed by atoms with Crippen LogP contribution in [0.2, 0.25) is 0 Å². The second-order valence-electron chi connectivity index (χ2n) is 13.1. The van der Waals surface area contributed by atoms with Crippen LogP contribution in [0.3, 0.4) is 0 Å². The molecule has 55 heavy (non-hydrogen) atoms. The number of nitrogens with zero attached hydrogens (tertiary/aromatic N) is 2. The molecule has 0 saturated carbocycles. The summed E-state index contributed by atoms with van der Waals surface area (Å²) >= 11 is 0. The van der Waals surface area contributed by atoms with Crippen molar-refractivity contribution in [2.24, 2.45) is 9.98 Å². The number of aliphatic carboxylic acids is 1. The number of para-hydroxylation sites is 2. The van der Waals surface area contributed by atoms with Crippen molar-refractivity contribution in [1.82, 2.24) is 0 Å². The fourth-order valence-electron chi connectivity index (χ4n) is 6.89. The first-order chi connectivity index (χ1) is 26.3. The topological polar surface area (TPSA) is 105 Å². The third-order valence-corrected chi connectivity index (χ3v) is 9.50. The molecule has 0 bridgehead atoms. The summed E-state index contributed by atoms with van der Waals surface area (Å²) in [6, 6.07) is 51.9. The van der Waals surface area contributed by atoms with E-state index in [1.165, 1.54) is 11.1 Å². The molecule has 6 nitrogen and oxygen atoms in total. The maximum absolute atomic E-state index is 11.6. The van der Waals surface area contributed by atoms with Crippen molar-refractivity contribution in [2.45, 2.75) is 57.5 Å². The molecule has 0 aliphatic rings. The summed E-state index contributed by atoms with van der Waals surface area (Å²) in [6.07, 6.45) is 5.27. The molecule has 2 N–H and O–H groups in total. The first-order valence-electron chi connectivity index (χ1n) is 18.4. The van der Waals surface area contributed by atoms with E-state index < -0.39 is 18.1 Å². The average Bonchev–Trinajstić information content (AvgIpc) is 3.20. The molecule has 6 aromatic carbocycles. The zero-order valence-electron chi connectivity index (χ0n) is 31.4. The van der Waals surface area contributed by atoms with E-state index in [4.69, 9.17) is 19.9 Å². The second kappa shape index (κ2) is 21.2. The van der Waals surface area contributed by atoms with Crippen LogP contribution in [0.1, 0.15) is 102 Å². The van der Waals surface area contributed by atoms with Gasteiger partial charge in [-0.2, -0.15) is 0 Å². The number of aliphatic imine (C=N–C) groups is 2. The molecule has 0 amide bonds. The third kappa shape index (κ3) is 11.1. The van der Waals surface area contributed by atoms with Gasteiger partial charge in [-0.1, -0.05) is 159 Å². The molecular weight excluding hydrogens is 723 g/mol. The van der Waals surface area contributed by atoms with Crippen LogP contribution in [0.5, 0.6) is 11.5 Å². The molecule has 0 aliphatic carbocycles. The van der Waals surface area contributed by atoms with Crippen LogP contribution in [0, 0.1) is 0 Å². The Balaban J connectivity index is 0.00000128. The van der Waals surface area contributed by atoms with E-state index in [0.717, 1.165) is 42.0 Å². The summed E-state index contributed by atoms with van der Waals surface area (Å²) in [5.41, 5.74) is 7.41. The standard InChI is InChI=1S/C46H44N2O2.C2H4O2.Mn/c1-3-39(33-19-9-5-10-20-33)41-29-17-27-37(45(41)49)31-47-43(35-23-13-7-14-24-35)44(36-25-15-8-16-26-36)48-32-38-28-18-30-42(46(38)50)40(4-2)34-21-11-6-12-22-34;1-2(3)4;/h5-32,39-40,43-44,49-50H,3-4H2,1-2H3;1H3,(H,3,4);/p-1/t39?,40?,43-,44-;;/m1../s1. The number of phenols is 2. The SMILES string of the molecule is CC(=O)[O-].CCC(c1ccccc1)c1cccc(C=N[C@H](c2ccccc2)[C@H](N=Cc2cccc(C(CC)c3ccccc3)c2O)c2ccccc2)c1O.[Mn]. The van der Waals surface area contributed by atoms with Gasteiger partial charge in [0.15, 0.2) is 0 Å². The van der Waals surface area contributed by atoms with Gasteiger partial charge in [0.1, 0.15) is 23.6 Å². The number of carbonyl (C=O) groups excluding carboxylic acids is 1. The van der Waals surface area contributed by atoms with Crippen LogP contribution in [-0.4, -0.2) is 28.6 Å². The Morgan fingerprint density at radius 1 is 0.527 bits per heavy atom. The van der Waals surface area contributed by atoms with E-state index in [0.29, 0.717) is 11.1 Å². The number of carboxylic acid groups (broad SMARTS) is 1. The number of phenolic OH excluding ortho intramolecular Hbond substituents is 2. The molecule has 0 aromatic heterocycles. The van der Waals surface area contributed by atoms with Crippen molar-refractivity contribution >= 4 is 18.4 Å². The van der Waals surface area contributed by atoms with Gasteiger partial charge in [0.25, 0.3) is 0 Å². The number of carboxylic acids is 1. The van der Waals surface area contributed by atoms with Gasteiger partial charge in [0.05, 0.1) is 0 Å². The molecule has 0 spiro atoms. The molecule has 0 fully saturated rings. The Hall–Kier alpha value is -5.75. The molecule has 1 radical (unpaired) electrons. The van der Waals surface area contributed by atoms with Crippen molar-refractivity contribution in [3.8, 4) is 11.5 Å². The first-order valence-corrected chi connectivity index (χ1v) is 18.4. The third-order valence-electron chi connectivity index (χ3n) is 9.50. The van der Waals surface area contributed by atoms with Gasteiger partial charge < -0.3 is 20.1 Å². The van der Waals surface area contributed by atoms with Crippen LogP contribution >= 0.6 is 0 Å². The van der Waals surface area contributed by atoms with Crippen molar-refractivity contribution in [1.29, 1.82) is 0 Å². The summed E-state index contributed by atoms with van der Waals surface area (Å²) in [5.74, 6) is -0.476. The predicted molar refractivity (Wildman–Crippen MR) is 218 cm³/mol. The molecule has 0 saturated heterocycles. The second-order valence-corrected chi connectivity index (χ2v) is 13.1.